The first-order valence-corrected chi connectivity index (χ1v) is 3.99. The van der Waals surface area contributed by atoms with E-state index in [9.17, 15) is 0 Å². The highest BCUT2D eigenvalue weighted by Gasteiger charge is 2.08. The van der Waals surface area contributed by atoms with Gasteiger partial charge in [-0.25, -0.2) is 0 Å². The first-order chi connectivity index (χ1) is 5.83. The molecule has 0 amide bonds. The van der Waals surface area contributed by atoms with Gasteiger partial charge in [0.25, 0.3) is 0 Å². The first-order valence-electron chi connectivity index (χ1n) is 3.99. The van der Waals surface area contributed by atoms with Crippen molar-refractivity contribution in [2.45, 2.75) is 19.9 Å². The average molecular weight is 170 g/mol. The lowest BCUT2D eigenvalue weighted by atomic mass is 10.4. The third-order valence-corrected chi connectivity index (χ3v) is 1.66. The molecule has 0 atom stereocenters. The molecule has 0 aromatic carbocycles. The van der Waals surface area contributed by atoms with E-state index in [0.717, 1.165) is 18.8 Å². The van der Waals surface area contributed by atoms with E-state index in [1.807, 2.05) is 11.5 Å². The van der Waals surface area contributed by atoms with E-state index in [4.69, 9.17) is 10.5 Å². The Balaban J connectivity index is 2.88. The Morgan fingerprint density at radius 1 is 1.50 bits per heavy atom. The van der Waals surface area contributed by atoms with E-state index < -0.39 is 0 Å². The van der Waals surface area contributed by atoms with Crippen LogP contribution in [0.3, 0.4) is 0 Å². The summed E-state index contributed by atoms with van der Waals surface area (Å²) in [6, 6.07) is 0.556. The van der Waals surface area contributed by atoms with E-state index in [0.29, 0.717) is 12.6 Å². The third kappa shape index (κ3) is 1.55. The fraction of sp³-hybridized carbons (Fsp3) is 0.714. The Bertz CT molecular complexity index is 246. The zero-order chi connectivity index (χ0) is 8.97. The van der Waals surface area contributed by atoms with Crippen molar-refractivity contribution in [2.75, 3.05) is 13.7 Å². The number of methoxy groups -OCH3 is 1. The van der Waals surface area contributed by atoms with Crippen molar-refractivity contribution >= 4 is 0 Å². The molecule has 1 heterocycles. The summed E-state index contributed by atoms with van der Waals surface area (Å²) in [5, 5.41) is 7.81. The Morgan fingerprint density at radius 3 is 2.75 bits per heavy atom. The molecule has 5 heteroatoms. The van der Waals surface area contributed by atoms with E-state index in [2.05, 4.69) is 10.2 Å². The molecular weight excluding hydrogens is 156 g/mol. The molecule has 1 aromatic rings. The van der Waals surface area contributed by atoms with Crippen LogP contribution in [0.1, 0.15) is 12.7 Å². The molecule has 0 unspecified atom stereocenters. The monoisotopic (exact) mass is 170 g/mol. The predicted octanol–water partition coefficient (Wildman–Crippen LogP) is -0.192. The summed E-state index contributed by atoms with van der Waals surface area (Å²) < 4.78 is 6.92. The summed E-state index contributed by atoms with van der Waals surface area (Å²) in [5.41, 5.74) is 5.41. The predicted molar refractivity (Wildman–Crippen MR) is 45.0 cm³/mol. The van der Waals surface area contributed by atoms with Crippen molar-refractivity contribution in [2.24, 2.45) is 5.73 Å². The number of aromatic nitrogens is 3. The van der Waals surface area contributed by atoms with Gasteiger partial charge in [0.2, 0.25) is 0 Å². The van der Waals surface area contributed by atoms with Gasteiger partial charge < -0.3 is 10.5 Å². The van der Waals surface area contributed by atoms with Crippen LogP contribution >= 0.6 is 0 Å². The first kappa shape index (κ1) is 8.99. The molecule has 5 nitrogen and oxygen atoms in total. The van der Waals surface area contributed by atoms with E-state index in [-0.39, 0.29) is 0 Å². The van der Waals surface area contributed by atoms with Crippen molar-refractivity contribution in [3.05, 3.63) is 5.82 Å². The van der Waals surface area contributed by atoms with Crippen molar-refractivity contribution in [3.8, 4) is 6.01 Å². The van der Waals surface area contributed by atoms with Gasteiger partial charge in [0.1, 0.15) is 5.82 Å². The smallest absolute Gasteiger partial charge is 0.316 e. The van der Waals surface area contributed by atoms with Crippen LogP contribution in [0.4, 0.5) is 0 Å². The minimum atomic E-state index is 0.556. The van der Waals surface area contributed by atoms with Gasteiger partial charge in [-0.1, -0.05) is 5.10 Å². The second-order valence-corrected chi connectivity index (χ2v) is 2.39. The molecule has 0 saturated carbocycles. The number of ether oxygens (including phenoxy) is 1. The van der Waals surface area contributed by atoms with E-state index in [1.165, 1.54) is 0 Å². The number of rotatable bonds is 4. The zero-order valence-corrected chi connectivity index (χ0v) is 7.45. The Labute approximate surface area is 71.5 Å². The van der Waals surface area contributed by atoms with Crippen molar-refractivity contribution < 1.29 is 4.74 Å². The molecule has 0 aliphatic carbocycles. The third-order valence-electron chi connectivity index (χ3n) is 1.66. The Hall–Kier alpha value is -1.10. The van der Waals surface area contributed by atoms with E-state index >= 15 is 0 Å². The topological polar surface area (TPSA) is 66.0 Å². The number of nitrogens with two attached hydrogens (primary N) is 1. The van der Waals surface area contributed by atoms with Gasteiger partial charge in [-0.3, -0.25) is 4.57 Å². The minimum Gasteiger partial charge on any atom is -0.467 e. The highest BCUT2D eigenvalue weighted by molar-refractivity contribution is 5.00. The SMILES string of the molecule is CCn1c(CCN)nnc1OC. The molecule has 0 fully saturated rings. The summed E-state index contributed by atoms with van der Waals surface area (Å²) in [7, 11) is 1.59. The second-order valence-electron chi connectivity index (χ2n) is 2.39. The maximum absolute atomic E-state index is 5.41. The van der Waals surface area contributed by atoms with Crippen LogP contribution in [-0.2, 0) is 13.0 Å². The number of hydrogen-bond acceptors (Lipinski definition) is 4. The fourth-order valence-electron chi connectivity index (χ4n) is 1.10. The summed E-state index contributed by atoms with van der Waals surface area (Å²) in [5.74, 6) is 0.886. The van der Waals surface area contributed by atoms with Gasteiger partial charge >= 0.3 is 6.01 Å². The van der Waals surface area contributed by atoms with Gasteiger partial charge in [-0.15, -0.1) is 5.10 Å². The van der Waals surface area contributed by atoms with Gasteiger partial charge in [0.05, 0.1) is 7.11 Å². The van der Waals surface area contributed by atoms with Crippen LogP contribution in [-0.4, -0.2) is 28.4 Å². The van der Waals surface area contributed by atoms with Crippen LogP contribution in [0, 0.1) is 0 Å². The molecule has 12 heavy (non-hydrogen) atoms. The normalized spacial score (nSPS) is 10.2. The van der Waals surface area contributed by atoms with Gasteiger partial charge in [0, 0.05) is 13.0 Å². The molecule has 68 valence electrons. The lowest BCUT2D eigenvalue weighted by molar-refractivity contribution is 0.356. The zero-order valence-electron chi connectivity index (χ0n) is 7.45. The number of nitrogens with zero attached hydrogens (tertiary/aromatic N) is 3. The molecule has 0 aliphatic rings. The molecule has 0 saturated heterocycles. The molecule has 0 bridgehead atoms. The van der Waals surface area contributed by atoms with Crippen molar-refractivity contribution in [3.63, 3.8) is 0 Å². The number of hydrogen-bond donors (Lipinski definition) is 1. The maximum atomic E-state index is 5.41. The largest absolute Gasteiger partial charge is 0.467 e. The average Bonchev–Trinajstić information content (AvgIpc) is 2.47. The summed E-state index contributed by atoms with van der Waals surface area (Å²) >= 11 is 0. The molecule has 0 radical (unpaired) electrons. The summed E-state index contributed by atoms with van der Waals surface area (Å²) in [6.45, 7) is 3.42. The molecular formula is C7H14N4O. The Kier molecular flexibility index (Phi) is 3.04. The van der Waals surface area contributed by atoms with E-state index in [1.54, 1.807) is 7.11 Å². The van der Waals surface area contributed by atoms with Crippen LogP contribution in [0.2, 0.25) is 0 Å². The van der Waals surface area contributed by atoms with Crippen LogP contribution in [0.25, 0.3) is 0 Å². The summed E-state index contributed by atoms with van der Waals surface area (Å²) in [4.78, 5) is 0. The van der Waals surface area contributed by atoms with Gasteiger partial charge in [-0.05, 0) is 13.5 Å². The minimum absolute atomic E-state index is 0.556. The molecule has 2 N–H and O–H groups in total. The molecule has 1 aromatic heterocycles. The molecule has 0 aliphatic heterocycles. The standard InChI is InChI=1S/C7H14N4O/c1-3-11-6(4-5-8)9-10-7(11)12-2/h3-5,8H2,1-2H3. The lowest BCUT2D eigenvalue weighted by Crippen LogP contribution is -2.10. The lowest BCUT2D eigenvalue weighted by Gasteiger charge is -2.03. The second kappa shape index (κ2) is 4.06. The Morgan fingerprint density at radius 2 is 2.25 bits per heavy atom. The highest BCUT2D eigenvalue weighted by atomic mass is 16.5. The van der Waals surface area contributed by atoms with Crippen molar-refractivity contribution in [1.82, 2.24) is 14.8 Å². The van der Waals surface area contributed by atoms with Crippen LogP contribution in [0.5, 0.6) is 6.01 Å². The van der Waals surface area contributed by atoms with Crippen molar-refractivity contribution in [1.29, 1.82) is 0 Å². The highest BCUT2D eigenvalue weighted by Crippen LogP contribution is 2.08. The summed E-state index contributed by atoms with van der Waals surface area (Å²) in [6.07, 6.45) is 0.740. The molecule has 0 spiro atoms. The quantitative estimate of drug-likeness (QED) is 0.680. The maximum Gasteiger partial charge on any atom is 0.316 e. The fourth-order valence-corrected chi connectivity index (χ4v) is 1.10. The molecule has 1 rings (SSSR count). The van der Waals surface area contributed by atoms with Gasteiger partial charge in [-0.2, -0.15) is 0 Å². The van der Waals surface area contributed by atoms with Crippen LogP contribution < -0.4 is 10.5 Å². The van der Waals surface area contributed by atoms with Crippen LogP contribution in [0.15, 0.2) is 0 Å². The van der Waals surface area contributed by atoms with Gasteiger partial charge in [0.15, 0.2) is 0 Å².